The number of fused-ring (bicyclic) bond motifs is 2. The molecule has 2 aliphatic carbocycles. The zero-order chi connectivity index (χ0) is 15.1. The van der Waals surface area contributed by atoms with Crippen molar-refractivity contribution in [2.45, 2.75) is 19.3 Å². The molecule has 21 heavy (non-hydrogen) atoms. The number of hydrogen-bond donors (Lipinski definition) is 2. The summed E-state index contributed by atoms with van der Waals surface area (Å²) in [6.45, 7) is 0. The highest BCUT2D eigenvalue weighted by atomic mass is 19.1. The lowest BCUT2D eigenvalue weighted by molar-refractivity contribution is -0.148. The Balaban J connectivity index is 1.81. The second kappa shape index (κ2) is 5.09. The van der Waals surface area contributed by atoms with Gasteiger partial charge in [0.1, 0.15) is 11.6 Å². The molecule has 3 rings (SSSR count). The van der Waals surface area contributed by atoms with E-state index in [0.717, 1.165) is 37.5 Å². The van der Waals surface area contributed by atoms with Gasteiger partial charge in [-0.25, -0.2) is 8.78 Å². The summed E-state index contributed by atoms with van der Waals surface area (Å²) in [5.74, 6) is -4.26. The van der Waals surface area contributed by atoms with Crippen LogP contribution >= 0.6 is 0 Å². The lowest BCUT2D eigenvalue weighted by Gasteiger charge is -2.27. The van der Waals surface area contributed by atoms with Crippen LogP contribution < -0.4 is 5.32 Å². The van der Waals surface area contributed by atoms with Crippen LogP contribution in [0.5, 0.6) is 0 Å². The number of amides is 1. The molecule has 0 aliphatic heterocycles. The maximum absolute atomic E-state index is 13.6. The Morgan fingerprint density at radius 1 is 1.14 bits per heavy atom. The van der Waals surface area contributed by atoms with Crippen LogP contribution in [0.15, 0.2) is 18.2 Å². The zero-order valence-electron chi connectivity index (χ0n) is 11.2. The average molecular weight is 295 g/mol. The van der Waals surface area contributed by atoms with Gasteiger partial charge in [-0.1, -0.05) is 0 Å². The highest BCUT2D eigenvalue weighted by Gasteiger charge is 2.54. The molecular weight excluding hydrogens is 280 g/mol. The lowest BCUT2D eigenvalue weighted by atomic mass is 9.78. The van der Waals surface area contributed by atoms with E-state index in [0.29, 0.717) is 0 Å². The number of nitrogens with one attached hydrogen (secondary N) is 1. The molecule has 0 radical (unpaired) electrons. The summed E-state index contributed by atoms with van der Waals surface area (Å²) in [7, 11) is 0. The molecule has 2 saturated carbocycles. The van der Waals surface area contributed by atoms with Crippen molar-refractivity contribution in [3.63, 3.8) is 0 Å². The number of carbonyl (C=O) groups is 2. The predicted octanol–water partition coefficient (Wildman–Crippen LogP) is 2.65. The molecule has 0 unspecified atom stereocenters. The molecular formula is C15H15F2NO3. The van der Waals surface area contributed by atoms with Crippen LogP contribution in [0.25, 0.3) is 0 Å². The van der Waals surface area contributed by atoms with E-state index in [1.54, 1.807) is 0 Å². The molecule has 0 heterocycles. The molecule has 0 aromatic heterocycles. The topological polar surface area (TPSA) is 66.4 Å². The second-order valence-electron chi connectivity index (χ2n) is 5.84. The molecule has 1 aromatic carbocycles. The first-order valence-corrected chi connectivity index (χ1v) is 6.96. The van der Waals surface area contributed by atoms with Crippen LogP contribution in [-0.2, 0) is 9.59 Å². The molecule has 2 bridgehead atoms. The van der Waals surface area contributed by atoms with Gasteiger partial charge in [0.05, 0.1) is 17.5 Å². The van der Waals surface area contributed by atoms with E-state index in [2.05, 4.69) is 5.32 Å². The van der Waals surface area contributed by atoms with E-state index < -0.39 is 35.3 Å². The number of aliphatic carboxylic acids is 1. The summed E-state index contributed by atoms with van der Waals surface area (Å²) < 4.78 is 26.7. The number of halogens is 2. The minimum Gasteiger partial charge on any atom is -0.481 e. The smallest absolute Gasteiger partial charge is 0.307 e. The summed E-state index contributed by atoms with van der Waals surface area (Å²) in [4.78, 5) is 23.7. The van der Waals surface area contributed by atoms with Gasteiger partial charge in [0.2, 0.25) is 5.91 Å². The normalized spacial score (nSPS) is 30.4. The number of rotatable bonds is 3. The summed E-state index contributed by atoms with van der Waals surface area (Å²) in [5.41, 5.74) is -0.244. The Morgan fingerprint density at radius 3 is 2.48 bits per heavy atom. The fourth-order valence-corrected chi connectivity index (χ4v) is 3.83. The number of carbonyl (C=O) groups excluding carboxylic acids is 1. The van der Waals surface area contributed by atoms with Crippen molar-refractivity contribution in [2.24, 2.45) is 23.7 Å². The first kappa shape index (κ1) is 14.0. The molecule has 1 amide bonds. The van der Waals surface area contributed by atoms with Crippen molar-refractivity contribution in [1.29, 1.82) is 0 Å². The Kier molecular flexibility index (Phi) is 3.39. The lowest BCUT2D eigenvalue weighted by Crippen LogP contribution is -2.38. The van der Waals surface area contributed by atoms with Crippen molar-refractivity contribution in [1.82, 2.24) is 0 Å². The van der Waals surface area contributed by atoms with Crippen LogP contribution in [-0.4, -0.2) is 17.0 Å². The molecule has 6 heteroatoms. The Morgan fingerprint density at radius 2 is 1.81 bits per heavy atom. The third kappa shape index (κ3) is 2.39. The van der Waals surface area contributed by atoms with E-state index in [1.165, 1.54) is 0 Å². The van der Waals surface area contributed by atoms with Gasteiger partial charge in [0.15, 0.2) is 0 Å². The molecule has 0 spiro atoms. The standard InChI is InChI=1S/C15H15F2NO3/c16-9-3-4-10(17)11(6-9)18-14(19)12-7-1-2-8(5-7)13(12)15(20)21/h3-4,6-8,12-13H,1-2,5H2,(H,18,19)(H,20,21)/t7-,8-,12+,13+/m0/s1. The third-order valence-corrected chi connectivity index (χ3v) is 4.69. The zero-order valence-corrected chi connectivity index (χ0v) is 11.2. The Bertz CT molecular complexity index is 605. The molecule has 2 fully saturated rings. The predicted molar refractivity (Wildman–Crippen MR) is 70.4 cm³/mol. The van der Waals surface area contributed by atoms with Crippen molar-refractivity contribution >= 4 is 17.6 Å². The maximum atomic E-state index is 13.6. The van der Waals surface area contributed by atoms with Crippen LogP contribution in [0.1, 0.15) is 19.3 Å². The van der Waals surface area contributed by atoms with Crippen molar-refractivity contribution < 1.29 is 23.5 Å². The minimum atomic E-state index is -0.984. The summed E-state index contributed by atoms with van der Waals surface area (Å²) in [6, 6.07) is 2.79. The van der Waals surface area contributed by atoms with Crippen LogP contribution in [0.3, 0.4) is 0 Å². The Hall–Kier alpha value is -1.98. The van der Waals surface area contributed by atoms with E-state index in [1.807, 2.05) is 0 Å². The van der Waals surface area contributed by atoms with Gasteiger partial charge < -0.3 is 10.4 Å². The van der Waals surface area contributed by atoms with Crippen molar-refractivity contribution in [3.05, 3.63) is 29.8 Å². The molecule has 4 atom stereocenters. The van der Waals surface area contributed by atoms with Gasteiger partial charge in [-0.05, 0) is 43.2 Å². The van der Waals surface area contributed by atoms with Crippen LogP contribution in [0.2, 0.25) is 0 Å². The summed E-state index contributed by atoms with van der Waals surface area (Å²) in [6.07, 6.45) is 2.36. The highest BCUT2D eigenvalue weighted by molar-refractivity contribution is 5.96. The number of carboxylic acid groups (broad SMARTS) is 1. The number of benzene rings is 1. The minimum absolute atomic E-state index is 0.0145. The fraction of sp³-hybridized carbons (Fsp3) is 0.467. The first-order valence-electron chi connectivity index (χ1n) is 6.96. The van der Waals surface area contributed by atoms with Crippen LogP contribution in [0, 0.1) is 35.3 Å². The number of hydrogen-bond acceptors (Lipinski definition) is 2. The van der Waals surface area contributed by atoms with Crippen LogP contribution in [0.4, 0.5) is 14.5 Å². The molecule has 2 N–H and O–H groups in total. The van der Waals surface area contributed by atoms with Crippen molar-refractivity contribution in [2.75, 3.05) is 5.32 Å². The number of carboxylic acids is 1. The van der Waals surface area contributed by atoms with Gasteiger partial charge in [-0.15, -0.1) is 0 Å². The average Bonchev–Trinajstić information content (AvgIpc) is 3.03. The van der Waals surface area contributed by atoms with E-state index >= 15 is 0 Å². The molecule has 0 saturated heterocycles. The summed E-state index contributed by atoms with van der Waals surface area (Å²) in [5, 5.41) is 11.7. The van der Waals surface area contributed by atoms with Crippen molar-refractivity contribution in [3.8, 4) is 0 Å². The fourth-order valence-electron chi connectivity index (χ4n) is 3.83. The van der Waals surface area contributed by atoms with E-state index in [-0.39, 0.29) is 17.5 Å². The van der Waals surface area contributed by atoms with Gasteiger partial charge in [0.25, 0.3) is 0 Å². The summed E-state index contributed by atoms with van der Waals surface area (Å²) >= 11 is 0. The molecule has 4 nitrogen and oxygen atoms in total. The van der Waals surface area contributed by atoms with Gasteiger partial charge in [0, 0.05) is 6.07 Å². The molecule has 1 aromatic rings. The third-order valence-electron chi connectivity index (χ3n) is 4.69. The molecule has 2 aliphatic rings. The van der Waals surface area contributed by atoms with Gasteiger partial charge in [-0.3, -0.25) is 9.59 Å². The maximum Gasteiger partial charge on any atom is 0.307 e. The second-order valence-corrected chi connectivity index (χ2v) is 5.84. The quantitative estimate of drug-likeness (QED) is 0.901. The molecule has 112 valence electrons. The highest BCUT2D eigenvalue weighted by Crippen LogP contribution is 2.52. The monoisotopic (exact) mass is 295 g/mol. The first-order chi connectivity index (χ1) is 9.97. The van der Waals surface area contributed by atoms with E-state index in [4.69, 9.17) is 0 Å². The van der Waals surface area contributed by atoms with Gasteiger partial charge >= 0.3 is 5.97 Å². The van der Waals surface area contributed by atoms with Gasteiger partial charge in [-0.2, -0.15) is 0 Å². The SMILES string of the molecule is O=C(O)[C@@H]1[C@H]2CC[C@@H](C2)[C@H]1C(=O)Nc1cc(F)ccc1F. The largest absolute Gasteiger partial charge is 0.481 e. The number of anilines is 1. The Labute approximate surface area is 120 Å². The van der Waals surface area contributed by atoms with E-state index in [9.17, 15) is 23.5 Å².